The molecule has 4 aromatic rings. The molecule has 0 aromatic heterocycles. The molecule has 4 aromatic carbocycles. The Balaban J connectivity index is 0.000000307. The zero-order valence-electron chi connectivity index (χ0n) is 24.4. The summed E-state index contributed by atoms with van der Waals surface area (Å²) in [5.41, 5.74) is 0.249. The molecule has 0 aliphatic rings. The molecule has 0 spiro atoms. The number of ketones is 4. The summed E-state index contributed by atoms with van der Waals surface area (Å²) in [7, 11) is 3.02. The zero-order valence-corrected chi connectivity index (χ0v) is 27.4. The van der Waals surface area contributed by atoms with Crippen LogP contribution in [-0.4, -0.2) is 49.3 Å². The minimum absolute atomic E-state index is 0. The van der Waals surface area contributed by atoms with E-state index < -0.39 is 36.3 Å². The Bertz CT molecular complexity index is 1570. The maximum atomic E-state index is 12.1. The number of carbonyl (C=O) groups is 6. The Labute approximate surface area is 271 Å². The fourth-order valence-corrected chi connectivity index (χ4v) is 4.05. The van der Waals surface area contributed by atoms with E-state index >= 15 is 0 Å². The maximum Gasteiger partial charge on any atom is 2.00 e. The molecular formula is C34H26O10Zn. The van der Waals surface area contributed by atoms with E-state index in [0.29, 0.717) is 22.6 Å². The van der Waals surface area contributed by atoms with E-state index in [1.807, 2.05) is 0 Å². The first kappa shape index (κ1) is 35.9. The fraction of sp³-hybridized carbons (Fsp3) is 0.118. The predicted molar refractivity (Wildman–Crippen MR) is 154 cm³/mol. The second kappa shape index (κ2) is 17.1. The van der Waals surface area contributed by atoms with E-state index in [1.165, 1.54) is 62.8 Å². The molecule has 4 rings (SSSR count). The summed E-state index contributed by atoms with van der Waals surface area (Å²) in [6, 6.07) is 24.1. The molecule has 224 valence electrons. The third-order valence-electron chi connectivity index (χ3n) is 6.36. The number of ether oxygens (including phenoxy) is 2. The molecule has 0 fully saturated rings. The van der Waals surface area contributed by atoms with Crippen LogP contribution in [-0.2, 0) is 19.5 Å². The van der Waals surface area contributed by atoms with Gasteiger partial charge >= 0.3 is 19.5 Å². The van der Waals surface area contributed by atoms with Crippen molar-refractivity contribution in [3.63, 3.8) is 0 Å². The Morgan fingerprint density at radius 3 is 1.02 bits per heavy atom. The van der Waals surface area contributed by atoms with Gasteiger partial charge in [-0.15, -0.1) is 0 Å². The summed E-state index contributed by atoms with van der Waals surface area (Å²) in [6.45, 7) is 0. The number of hydrogen-bond donors (Lipinski definition) is 0. The predicted octanol–water partition coefficient (Wildman–Crippen LogP) is 3.03. The average Bonchev–Trinajstić information content (AvgIpc) is 3.04. The van der Waals surface area contributed by atoms with Crippen LogP contribution >= 0.6 is 0 Å². The van der Waals surface area contributed by atoms with Crippen LogP contribution in [0.1, 0.15) is 75.0 Å². The maximum absolute atomic E-state index is 12.1. The van der Waals surface area contributed by atoms with E-state index in [-0.39, 0.29) is 53.3 Å². The van der Waals surface area contributed by atoms with Crippen molar-refractivity contribution in [3.8, 4) is 11.5 Å². The van der Waals surface area contributed by atoms with Gasteiger partial charge in [0.15, 0.2) is 23.1 Å². The van der Waals surface area contributed by atoms with Crippen molar-refractivity contribution in [2.24, 2.45) is 0 Å². The molecular weight excluding hydrogens is 634 g/mol. The topological polar surface area (TPSA) is 167 Å². The van der Waals surface area contributed by atoms with Gasteiger partial charge in [0.25, 0.3) is 0 Å². The molecule has 0 N–H and O–H groups in total. The van der Waals surface area contributed by atoms with Gasteiger partial charge in [-0.3, -0.25) is 19.2 Å². The number of aromatic carboxylic acids is 2. The van der Waals surface area contributed by atoms with E-state index in [9.17, 15) is 39.0 Å². The first-order chi connectivity index (χ1) is 21.0. The van der Waals surface area contributed by atoms with Gasteiger partial charge in [0, 0.05) is 33.4 Å². The largest absolute Gasteiger partial charge is 2.00 e. The molecule has 0 saturated heterocycles. The first-order valence-electron chi connectivity index (χ1n) is 13.1. The number of methoxy groups -OCH3 is 2. The summed E-state index contributed by atoms with van der Waals surface area (Å²) in [5.74, 6) is -3.57. The molecule has 0 atom stereocenters. The Hall–Kier alpha value is -5.28. The molecule has 0 heterocycles. The molecule has 0 aliphatic heterocycles. The van der Waals surface area contributed by atoms with E-state index in [0.717, 1.165) is 0 Å². The van der Waals surface area contributed by atoms with Crippen LogP contribution in [0.2, 0.25) is 0 Å². The third kappa shape index (κ3) is 9.87. The molecule has 11 heteroatoms. The zero-order chi connectivity index (χ0) is 32.2. The van der Waals surface area contributed by atoms with Crippen molar-refractivity contribution in [2.75, 3.05) is 14.2 Å². The molecule has 0 unspecified atom stereocenters. The van der Waals surface area contributed by atoms with Gasteiger partial charge in [-0.25, -0.2) is 0 Å². The van der Waals surface area contributed by atoms with Crippen molar-refractivity contribution in [1.82, 2.24) is 0 Å². The van der Waals surface area contributed by atoms with Gasteiger partial charge in [0.05, 0.1) is 39.0 Å². The van der Waals surface area contributed by atoms with Crippen molar-refractivity contribution in [3.05, 3.63) is 130 Å². The second-order valence-corrected chi connectivity index (χ2v) is 9.17. The van der Waals surface area contributed by atoms with E-state index in [1.54, 1.807) is 48.5 Å². The Kier molecular flexibility index (Phi) is 13.7. The summed E-state index contributed by atoms with van der Waals surface area (Å²) >= 11 is 0. The minimum Gasteiger partial charge on any atom is -0.545 e. The van der Waals surface area contributed by atoms with Gasteiger partial charge in [-0.1, -0.05) is 48.5 Å². The Morgan fingerprint density at radius 1 is 0.467 bits per heavy atom. The number of rotatable bonds is 12. The van der Waals surface area contributed by atoms with Crippen molar-refractivity contribution >= 4 is 35.1 Å². The van der Waals surface area contributed by atoms with Crippen LogP contribution in [0.25, 0.3) is 0 Å². The van der Waals surface area contributed by atoms with Gasteiger partial charge < -0.3 is 29.3 Å². The van der Waals surface area contributed by atoms with Crippen molar-refractivity contribution < 1.29 is 67.9 Å². The molecule has 0 saturated carbocycles. The van der Waals surface area contributed by atoms with Crippen LogP contribution in [0, 0.1) is 0 Å². The summed E-state index contributed by atoms with van der Waals surface area (Å²) < 4.78 is 9.98. The van der Waals surface area contributed by atoms with Crippen molar-refractivity contribution in [1.29, 1.82) is 0 Å². The summed E-state index contributed by atoms with van der Waals surface area (Å²) in [6.07, 6.45) is -0.812. The second-order valence-electron chi connectivity index (χ2n) is 9.17. The molecule has 45 heavy (non-hydrogen) atoms. The number of carboxylic acids is 2. The third-order valence-corrected chi connectivity index (χ3v) is 6.36. The van der Waals surface area contributed by atoms with Crippen LogP contribution < -0.4 is 19.7 Å². The smallest absolute Gasteiger partial charge is 0.545 e. The SMILES string of the molecule is COc1ccc(C(=O)CC(=O)c2ccccc2C(=O)[O-])cc1.COc1ccc(C(=O)CC(=O)c2ccccc2C(=O)[O-])cc1.[Zn+2]. The summed E-state index contributed by atoms with van der Waals surface area (Å²) in [4.78, 5) is 70.4. The summed E-state index contributed by atoms with van der Waals surface area (Å²) in [5, 5.41) is 22.0. The minimum atomic E-state index is -1.44. The standard InChI is InChI=1S/2C17H14O5.Zn/c2*1-22-12-8-6-11(7-9-12)15(18)10-16(19)13-4-2-3-5-14(13)17(20)21;/h2*2-9H,10H2,1H3,(H,20,21);/q;;+2/p-2. The average molecular weight is 660 g/mol. The van der Waals surface area contributed by atoms with E-state index in [2.05, 4.69) is 0 Å². The van der Waals surface area contributed by atoms with E-state index in [4.69, 9.17) is 9.47 Å². The van der Waals surface area contributed by atoms with Gasteiger partial charge in [-0.2, -0.15) is 0 Å². The molecule has 0 amide bonds. The van der Waals surface area contributed by atoms with Crippen LogP contribution in [0.3, 0.4) is 0 Å². The quantitative estimate of drug-likeness (QED) is 0.125. The number of carbonyl (C=O) groups excluding carboxylic acids is 6. The normalized spacial score (nSPS) is 9.82. The van der Waals surface area contributed by atoms with Gasteiger partial charge in [-0.05, 0) is 48.5 Å². The first-order valence-corrected chi connectivity index (χ1v) is 13.1. The number of hydrogen-bond acceptors (Lipinski definition) is 10. The van der Waals surface area contributed by atoms with Crippen molar-refractivity contribution in [2.45, 2.75) is 12.8 Å². The molecule has 0 bridgehead atoms. The van der Waals surface area contributed by atoms with Gasteiger partial charge in [0.2, 0.25) is 0 Å². The number of Topliss-reactive ketones (excluding diaryl/α,β-unsaturated/α-hetero) is 4. The monoisotopic (exact) mass is 658 g/mol. The van der Waals surface area contributed by atoms with Crippen LogP contribution in [0.4, 0.5) is 0 Å². The van der Waals surface area contributed by atoms with Crippen LogP contribution in [0.15, 0.2) is 97.1 Å². The van der Waals surface area contributed by atoms with Gasteiger partial charge in [0.1, 0.15) is 11.5 Å². The molecule has 0 aliphatic carbocycles. The molecule has 10 nitrogen and oxygen atoms in total. The number of benzene rings is 4. The molecule has 0 radical (unpaired) electrons. The Morgan fingerprint density at radius 2 is 0.756 bits per heavy atom. The fourth-order valence-electron chi connectivity index (χ4n) is 4.05. The number of carboxylic acid groups (broad SMARTS) is 2. The van der Waals surface area contributed by atoms with Crippen LogP contribution in [0.5, 0.6) is 11.5 Å².